The van der Waals surface area contributed by atoms with E-state index in [4.69, 9.17) is 11.5 Å². The Morgan fingerprint density at radius 2 is 1.31 bits per heavy atom. The van der Waals surface area contributed by atoms with Crippen molar-refractivity contribution >= 4 is 35.8 Å². The minimum atomic E-state index is -1.05. The third-order valence-corrected chi connectivity index (χ3v) is 4.46. The van der Waals surface area contributed by atoms with E-state index in [2.05, 4.69) is 20.9 Å². The second-order valence-electron chi connectivity index (χ2n) is 8.60. The molecule has 32 heavy (non-hydrogen) atoms. The number of hydrogen-bond acceptors (Lipinski definition) is 6. The smallest absolute Gasteiger partial charge is 0.243 e. The third-order valence-electron chi connectivity index (χ3n) is 4.46. The number of nitrogens with zero attached hydrogens (tertiary/aromatic N) is 1. The summed E-state index contributed by atoms with van der Waals surface area (Å²) >= 11 is 0. The molecule has 0 radical (unpaired) electrons. The summed E-state index contributed by atoms with van der Waals surface area (Å²) < 4.78 is 0. The summed E-state index contributed by atoms with van der Waals surface area (Å²) in [6.45, 7) is 9.15. The normalized spacial score (nSPS) is 13.6. The van der Waals surface area contributed by atoms with E-state index >= 15 is 0 Å². The van der Waals surface area contributed by atoms with Gasteiger partial charge in [-0.3, -0.25) is 29.0 Å². The summed E-state index contributed by atoms with van der Waals surface area (Å²) in [6.07, 6.45) is 1.38. The predicted octanol–water partition coefficient (Wildman–Crippen LogP) is -0.625. The number of aliphatic imine (C=N–C) groups is 1. The van der Waals surface area contributed by atoms with E-state index in [1.807, 2.05) is 27.7 Å². The Hall–Kier alpha value is -2.98. The molecule has 0 aromatic rings. The molecule has 0 aliphatic rings. The van der Waals surface area contributed by atoms with Crippen LogP contribution in [0.15, 0.2) is 4.99 Å². The topological polar surface area (TPSA) is 186 Å². The molecule has 0 rings (SSSR count). The molecule has 0 aromatic carbocycles. The van der Waals surface area contributed by atoms with Crippen molar-refractivity contribution in [2.75, 3.05) is 6.54 Å². The first-order valence-electron chi connectivity index (χ1n) is 10.8. The first kappa shape index (κ1) is 29.0. The van der Waals surface area contributed by atoms with E-state index < -0.39 is 35.7 Å². The van der Waals surface area contributed by atoms with E-state index in [9.17, 15) is 24.0 Å². The van der Waals surface area contributed by atoms with E-state index in [1.165, 1.54) is 6.92 Å². The minimum Gasteiger partial charge on any atom is -0.370 e. The van der Waals surface area contributed by atoms with Gasteiger partial charge in [0, 0.05) is 13.5 Å². The van der Waals surface area contributed by atoms with Gasteiger partial charge in [0.15, 0.2) is 12.2 Å². The molecule has 11 nitrogen and oxygen atoms in total. The molecule has 0 heterocycles. The molecular weight excluding hydrogens is 416 g/mol. The molecule has 0 saturated heterocycles. The van der Waals surface area contributed by atoms with Gasteiger partial charge in [-0.05, 0) is 37.5 Å². The number of amides is 3. The second-order valence-corrected chi connectivity index (χ2v) is 8.60. The van der Waals surface area contributed by atoms with Gasteiger partial charge in [0.1, 0.15) is 12.1 Å². The van der Waals surface area contributed by atoms with Crippen LogP contribution in [0.1, 0.15) is 60.3 Å². The fraction of sp³-hybridized carbons (Fsp3) is 0.714. The summed E-state index contributed by atoms with van der Waals surface area (Å²) in [5.41, 5.74) is 10.5. The van der Waals surface area contributed by atoms with Crippen LogP contribution >= 0.6 is 0 Å². The van der Waals surface area contributed by atoms with Crippen molar-refractivity contribution in [2.45, 2.75) is 78.4 Å². The highest BCUT2D eigenvalue weighted by Crippen LogP contribution is 2.10. The van der Waals surface area contributed by atoms with Gasteiger partial charge >= 0.3 is 0 Å². The van der Waals surface area contributed by atoms with E-state index in [0.717, 1.165) is 0 Å². The van der Waals surface area contributed by atoms with Gasteiger partial charge in [0.2, 0.25) is 23.5 Å². The van der Waals surface area contributed by atoms with Gasteiger partial charge in [0.05, 0.1) is 6.04 Å². The Morgan fingerprint density at radius 1 is 0.844 bits per heavy atom. The Morgan fingerprint density at radius 3 is 1.72 bits per heavy atom. The van der Waals surface area contributed by atoms with Crippen molar-refractivity contribution in [3.8, 4) is 0 Å². The summed E-state index contributed by atoms with van der Waals surface area (Å²) in [7, 11) is 0. The zero-order valence-electron chi connectivity index (χ0n) is 19.6. The molecule has 0 bridgehead atoms. The van der Waals surface area contributed by atoms with Crippen molar-refractivity contribution in [3.05, 3.63) is 0 Å². The van der Waals surface area contributed by atoms with Gasteiger partial charge in [-0.1, -0.05) is 27.7 Å². The number of carbonyl (C=O) groups is 5. The second kappa shape index (κ2) is 14.9. The molecule has 0 aliphatic carbocycles. The van der Waals surface area contributed by atoms with Crippen molar-refractivity contribution in [3.63, 3.8) is 0 Å². The van der Waals surface area contributed by atoms with E-state index in [1.54, 1.807) is 0 Å². The first-order chi connectivity index (χ1) is 14.9. The van der Waals surface area contributed by atoms with Crippen LogP contribution in [0.5, 0.6) is 0 Å². The average molecular weight is 455 g/mol. The highest BCUT2D eigenvalue weighted by molar-refractivity contribution is 6.28. The Balaban J connectivity index is 5.38. The van der Waals surface area contributed by atoms with Crippen molar-refractivity contribution in [2.24, 2.45) is 28.3 Å². The van der Waals surface area contributed by atoms with E-state index in [0.29, 0.717) is 19.3 Å². The molecule has 0 unspecified atom stereocenters. The van der Waals surface area contributed by atoms with Gasteiger partial charge in [-0.15, -0.1) is 0 Å². The molecule has 7 N–H and O–H groups in total. The first-order valence-corrected chi connectivity index (χ1v) is 10.8. The maximum atomic E-state index is 12.9. The molecule has 0 saturated carbocycles. The van der Waals surface area contributed by atoms with Crippen LogP contribution < -0.4 is 27.4 Å². The lowest BCUT2D eigenvalue weighted by atomic mass is 9.99. The number of guanidine groups is 1. The van der Waals surface area contributed by atoms with Crippen LogP contribution in [0, 0.1) is 11.8 Å². The zero-order valence-corrected chi connectivity index (χ0v) is 19.6. The van der Waals surface area contributed by atoms with Crippen LogP contribution in [-0.2, 0) is 24.0 Å². The Labute approximate surface area is 189 Å². The summed E-state index contributed by atoms with van der Waals surface area (Å²) in [5, 5.41) is 7.84. The van der Waals surface area contributed by atoms with Gasteiger partial charge in [-0.25, -0.2) is 0 Å². The summed E-state index contributed by atoms with van der Waals surface area (Å²) in [4.78, 5) is 64.0. The van der Waals surface area contributed by atoms with Crippen LogP contribution in [0.3, 0.4) is 0 Å². The molecule has 0 aromatic heterocycles. The van der Waals surface area contributed by atoms with Crippen molar-refractivity contribution < 1.29 is 24.0 Å². The van der Waals surface area contributed by atoms with Gasteiger partial charge < -0.3 is 27.4 Å². The molecule has 0 spiro atoms. The minimum absolute atomic E-state index is 0.0532. The molecule has 0 aliphatic heterocycles. The third kappa shape index (κ3) is 12.7. The number of rotatable bonds is 15. The fourth-order valence-corrected chi connectivity index (χ4v) is 3.07. The number of hydrogen-bond donors (Lipinski definition) is 5. The Kier molecular flexibility index (Phi) is 13.5. The van der Waals surface area contributed by atoms with Crippen molar-refractivity contribution in [1.82, 2.24) is 16.0 Å². The number of nitrogens with one attached hydrogen (secondary N) is 3. The van der Waals surface area contributed by atoms with Crippen LogP contribution in [0.25, 0.3) is 0 Å². The average Bonchev–Trinajstić information content (AvgIpc) is 2.67. The number of ketones is 1. The fourth-order valence-electron chi connectivity index (χ4n) is 3.07. The standard InChI is InChI=1S/C21H38N6O5/c1-12(2)9-16(25-14(5)29)19(31)27-17(10-13(3)4)20(32)26-15(18(30)11-28)7-6-8-24-21(22)23/h11-13,15-17H,6-10H2,1-5H3,(H,25,29)(H,26,32)(H,27,31)(H4,22,23,24)/t15-,16-,17-/m0/s1. The largest absolute Gasteiger partial charge is 0.370 e. The molecular formula is C21H38N6O5. The Bertz CT molecular complexity index is 688. The lowest BCUT2D eigenvalue weighted by molar-refractivity contribution is -0.135. The predicted molar refractivity (Wildman–Crippen MR) is 121 cm³/mol. The lowest BCUT2D eigenvalue weighted by Gasteiger charge is -2.26. The molecule has 11 heteroatoms. The van der Waals surface area contributed by atoms with Crippen LogP contribution in [0.4, 0.5) is 0 Å². The maximum absolute atomic E-state index is 12.9. The van der Waals surface area contributed by atoms with Gasteiger partial charge in [-0.2, -0.15) is 0 Å². The summed E-state index contributed by atoms with van der Waals surface area (Å²) in [6, 6.07) is -2.78. The van der Waals surface area contributed by atoms with Crippen LogP contribution in [-0.4, -0.2) is 60.4 Å². The highest BCUT2D eigenvalue weighted by Gasteiger charge is 2.29. The number of carbonyl (C=O) groups excluding carboxylic acids is 5. The quantitative estimate of drug-likeness (QED) is 0.0716. The zero-order chi connectivity index (χ0) is 24.8. The molecule has 3 atom stereocenters. The molecule has 0 fully saturated rings. The monoisotopic (exact) mass is 454 g/mol. The van der Waals surface area contributed by atoms with Crippen LogP contribution in [0.2, 0.25) is 0 Å². The number of nitrogens with two attached hydrogens (primary N) is 2. The molecule has 182 valence electrons. The summed E-state index contributed by atoms with van der Waals surface area (Å²) in [5.74, 6) is -2.11. The van der Waals surface area contributed by atoms with E-state index in [-0.39, 0.29) is 43.0 Å². The number of aldehydes is 1. The molecule has 3 amide bonds. The highest BCUT2D eigenvalue weighted by atomic mass is 16.2. The number of Topliss-reactive ketones (excluding diaryl/α,β-unsaturated/α-hetero) is 1. The van der Waals surface area contributed by atoms with Crippen molar-refractivity contribution in [1.29, 1.82) is 0 Å². The maximum Gasteiger partial charge on any atom is 0.243 e. The lowest BCUT2D eigenvalue weighted by Crippen LogP contribution is -2.56. The SMILES string of the molecule is CC(=O)N[C@@H](CC(C)C)C(=O)N[C@@H](CC(C)C)C(=O)N[C@@H](CCCN=C(N)N)C(=O)C=O. The van der Waals surface area contributed by atoms with Gasteiger partial charge in [0.25, 0.3) is 0 Å².